The van der Waals surface area contributed by atoms with Crippen molar-refractivity contribution < 1.29 is 19.0 Å². The lowest BCUT2D eigenvalue weighted by Crippen LogP contribution is -2.47. The van der Waals surface area contributed by atoms with Crippen molar-refractivity contribution >= 4 is 23.2 Å². The van der Waals surface area contributed by atoms with Crippen molar-refractivity contribution in [2.75, 3.05) is 34.4 Å². The van der Waals surface area contributed by atoms with Crippen LogP contribution in [0.3, 0.4) is 0 Å². The summed E-state index contributed by atoms with van der Waals surface area (Å²) >= 11 is 5.74. The second-order valence-corrected chi connectivity index (χ2v) is 8.73. The van der Waals surface area contributed by atoms with Crippen molar-refractivity contribution in [3.05, 3.63) is 53.6 Å². The van der Waals surface area contributed by atoms with E-state index in [2.05, 4.69) is 27.7 Å². The molecule has 0 spiro atoms. The molecule has 0 unspecified atom stereocenters. The number of carbonyl (C=O) groups excluding carboxylic acids is 1. The van der Waals surface area contributed by atoms with Gasteiger partial charge in [-0.2, -0.15) is 0 Å². The molecule has 0 radical (unpaired) electrons. The van der Waals surface area contributed by atoms with Crippen LogP contribution in [0, 0.1) is 0 Å². The third-order valence-corrected chi connectivity index (χ3v) is 6.46. The Morgan fingerprint density at radius 1 is 0.971 bits per heavy atom. The first kappa shape index (κ1) is 25.6. The quantitative estimate of drug-likeness (QED) is 0.471. The van der Waals surface area contributed by atoms with E-state index >= 15 is 0 Å². The van der Waals surface area contributed by atoms with E-state index in [1.54, 1.807) is 21.3 Å². The molecular formula is C26H35N3O4S. The van der Waals surface area contributed by atoms with Crippen molar-refractivity contribution in [1.82, 2.24) is 15.5 Å². The molecule has 1 aliphatic carbocycles. The van der Waals surface area contributed by atoms with E-state index in [-0.39, 0.29) is 12.5 Å². The third-order valence-electron chi connectivity index (χ3n) is 6.08. The van der Waals surface area contributed by atoms with Gasteiger partial charge in [-0.3, -0.25) is 4.79 Å². The van der Waals surface area contributed by atoms with E-state index in [1.807, 2.05) is 30.3 Å². The highest BCUT2D eigenvalue weighted by Gasteiger charge is 2.26. The van der Waals surface area contributed by atoms with Crippen LogP contribution in [0.4, 0.5) is 0 Å². The maximum Gasteiger partial charge on any atom is 0.239 e. The van der Waals surface area contributed by atoms with Crippen molar-refractivity contribution in [1.29, 1.82) is 0 Å². The maximum absolute atomic E-state index is 12.4. The van der Waals surface area contributed by atoms with Gasteiger partial charge in [0.2, 0.25) is 11.7 Å². The number of nitrogens with one attached hydrogen (secondary N) is 2. The van der Waals surface area contributed by atoms with Crippen molar-refractivity contribution in [3.8, 4) is 17.2 Å². The summed E-state index contributed by atoms with van der Waals surface area (Å²) in [6.07, 6.45) is 5.31. The van der Waals surface area contributed by atoms with E-state index < -0.39 is 0 Å². The topological polar surface area (TPSA) is 72.1 Å². The number of carbonyl (C=O) groups is 1. The molecule has 8 heteroatoms. The smallest absolute Gasteiger partial charge is 0.239 e. The molecule has 1 fully saturated rings. The average molecular weight is 486 g/mol. The van der Waals surface area contributed by atoms with E-state index in [9.17, 15) is 4.79 Å². The van der Waals surface area contributed by atoms with Crippen LogP contribution in [-0.4, -0.2) is 56.4 Å². The van der Waals surface area contributed by atoms with Crippen LogP contribution in [0.5, 0.6) is 17.2 Å². The molecule has 2 aromatic carbocycles. The van der Waals surface area contributed by atoms with Crippen LogP contribution in [0.2, 0.25) is 0 Å². The molecule has 1 aliphatic rings. The first-order chi connectivity index (χ1) is 16.5. The molecular weight excluding hydrogens is 450 g/mol. The van der Waals surface area contributed by atoms with Gasteiger partial charge in [0.15, 0.2) is 16.6 Å². The van der Waals surface area contributed by atoms with Crippen molar-refractivity contribution in [2.24, 2.45) is 0 Å². The lowest BCUT2D eigenvalue weighted by molar-refractivity contribution is -0.120. The average Bonchev–Trinajstić information content (AvgIpc) is 3.40. The summed E-state index contributed by atoms with van der Waals surface area (Å²) in [6.45, 7) is 1.32. The van der Waals surface area contributed by atoms with Gasteiger partial charge in [0.25, 0.3) is 0 Å². The first-order valence-electron chi connectivity index (χ1n) is 11.7. The predicted octanol–water partition coefficient (Wildman–Crippen LogP) is 3.69. The van der Waals surface area contributed by atoms with E-state index in [0.717, 1.165) is 24.8 Å². The second-order valence-electron chi connectivity index (χ2n) is 8.34. The molecule has 34 heavy (non-hydrogen) atoms. The molecule has 0 bridgehead atoms. The van der Waals surface area contributed by atoms with Gasteiger partial charge in [-0.1, -0.05) is 43.2 Å². The number of amides is 1. The molecule has 0 heterocycles. The fraction of sp³-hybridized carbons (Fsp3) is 0.462. The number of hydrogen-bond acceptors (Lipinski definition) is 5. The van der Waals surface area contributed by atoms with Gasteiger partial charge in [0.05, 0.1) is 27.9 Å². The number of methoxy groups -OCH3 is 3. The van der Waals surface area contributed by atoms with Gasteiger partial charge >= 0.3 is 0 Å². The highest BCUT2D eigenvalue weighted by atomic mass is 32.1. The zero-order chi connectivity index (χ0) is 24.3. The second kappa shape index (κ2) is 13.0. The third kappa shape index (κ3) is 7.00. The van der Waals surface area contributed by atoms with Gasteiger partial charge in [0.1, 0.15) is 0 Å². The highest BCUT2D eigenvalue weighted by Crippen LogP contribution is 2.39. The van der Waals surface area contributed by atoms with Crippen molar-refractivity contribution in [3.63, 3.8) is 0 Å². The first-order valence-corrected chi connectivity index (χ1v) is 12.1. The zero-order valence-corrected chi connectivity index (χ0v) is 21.1. The molecule has 3 rings (SSSR count). The van der Waals surface area contributed by atoms with E-state index in [4.69, 9.17) is 26.4 Å². The molecule has 0 atom stereocenters. The monoisotopic (exact) mass is 485 g/mol. The van der Waals surface area contributed by atoms with Crippen molar-refractivity contribution in [2.45, 2.75) is 44.7 Å². The molecule has 0 aliphatic heterocycles. The van der Waals surface area contributed by atoms with Gasteiger partial charge < -0.3 is 29.7 Å². The summed E-state index contributed by atoms with van der Waals surface area (Å²) in [5.41, 5.74) is 2.20. The number of thiocarbonyl (C=S) groups is 1. The van der Waals surface area contributed by atoms with Crippen LogP contribution < -0.4 is 24.8 Å². The number of nitrogens with zero attached hydrogens (tertiary/aromatic N) is 1. The summed E-state index contributed by atoms with van der Waals surface area (Å²) in [5, 5.41) is 6.71. The molecule has 0 saturated heterocycles. The fourth-order valence-electron chi connectivity index (χ4n) is 4.32. The minimum absolute atomic E-state index is 0.0718. The molecule has 2 N–H and O–H groups in total. The summed E-state index contributed by atoms with van der Waals surface area (Å²) in [6, 6.07) is 14.3. The van der Waals surface area contributed by atoms with E-state index in [1.165, 1.54) is 18.4 Å². The van der Waals surface area contributed by atoms with Gasteiger partial charge in [-0.05, 0) is 54.7 Å². The van der Waals surface area contributed by atoms with E-state index in [0.29, 0.717) is 41.5 Å². The number of ether oxygens (including phenoxy) is 3. The Morgan fingerprint density at radius 3 is 2.21 bits per heavy atom. The largest absolute Gasteiger partial charge is 0.493 e. The molecule has 1 amide bonds. The Labute approximate surface area is 207 Å². The Balaban J connectivity index is 1.61. The molecule has 7 nitrogen and oxygen atoms in total. The van der Waals surface area contributed by atoms with Crippen LogP contribution >= 0.6 is 12.2 Å². The minimum Gasteiger partial charge on any atom is -0.493 e. The SMILES string of the molecule is COc1cc(CN(C(=S)NCC(=O)NCCc2ccccc2)C2CCCC2)cc(OC)c1OC. The van der Waals surface area contributed by atoms with Crippen LogP contribution in [-0.2, 0) is 17.8 Å². The summed E-state index contributed by atoms with van der Waals surface area (Å²) in [5.74, 6) is 1.71. The van der Waals surface area contributed by atoms with Gasteiger partial charge in [-0.25, -0.2) is 0 Å². The Hall–Kier alpha value is -3.00. The normalized spacial score (nSPS) is 13.3. The Morgan fingerprint density at radius 2 is 1.62 bits per heavy atom. The zero-order valence-electron chi connectivity index (χ0n) is 20.3. The van der Waals surface area contributed by atoms with Crippen LogP contribution in [0.1, 0.15) is 36.8 Å². The lowest BCUT2D eigenvalue weighted by atomic mass is 10.1. The van der Waals surface area contributed by atoms with Crippen LogP contribution in [0.25, 0.3) is 0 Å². The molecule has 2 aromatic rings. The minimum atomic E-state index is -0.0718. The summed E-state index contributed by atoms with van der Waals surface area (Å²) in [7, 11) is 4.81. The molecule has 0 aromatic heterocycles. The molecule has 184 valence electrons. The maximum atomic E-state index is 12.4. The standard InChI is InChI=1S/C26H35N3O4S/c1-31-22-15-20(16-23(32-2)25(22)33-3)18-29(21-11-7-8-12-21)26(34)28-17-24(30)27-14-13-19-9-5-4-6-10-19/h4-6,9-10,15-16,21H,7-8,11-14,17-18H2,1-3H3,(H,27,30)(H,28,34). The Kier molecular flexibility index (Phi) is 9.82. The number of benzene rings is 2. The Bertz CT molecular complexity index is 923. The lowest BCUT2D eigenvalue weighted by Gasteiger charge is -2.32. The number of hydrogen-bond donors (Lipinski definition) is 2. The summed E-state index contributed by atoms with van der Waals surface area (Å²) in [4.78, 5) is 14.6. The number of rotatable bonds is 11. The van der Waals surface area contributed by atoms with Gasteiger partial charge in [0, 0.05) is 19.1 Å². The fourth-order valence-corrected chi connectivity index (χ4v) is 4.60. The van der Waals surface area contributed by atoms with Crippen LogP contribution in [0.15, 0.2) is 42.5 Å². The molecule has 1 saturated carbocycles. The van der Waals surface area contributed by atoms with Gasteiger partial charge in [-0.15, -0.1) is 0 Å². The summed E-state index contributed by atoms with van der Waals surface area (Å²) < 4.78 is 16.5. The predicted molar refractivity (Wildman–Crippen MR) is 138 cm³/mol. The highest BCUT2D eigenvalue weighted by molar-refractivity contribution is 7.80.